The molecule has 1 rings (SSSR count). The first kappa shape index (κ1) is 7.12. The van der Waals surface area contributed by atoms with Gasteiger partial charge >= 0.3 is 5.97 Å². The van der Waals surface area contributed by atoms with Crippen LogP contribution in [0.2, 0.25) is 0 Å². The third-order valence-electron chi connectivity index (χ3n) is 1.91. The van der Waals surface area contributed by atoms with Gasteiger partial charge in [-0.05, 0) is 25.5 Å². The van der Waals surface area contributed by atoms with E-state index in [0.717, 1.165) is 18.4 Å². The van der Waals surface area contributed by atoms with Crippen LogP contribution in [0.25, 0.3) is 0 Å². The van der Waals surface area contributed by atoms with Crippen molar-refractivity contribution in [1.29, 1.82) is 0 Å². The van der Waals surface area contributed by atoms with Gasteiger partial charge in [0.25, 0.3) is 0 Å². The van der Waals surface area contributed by atoms with Crippen molar-refractivity contribution in [2.45, 2.75) is 19.3 Å². The lowest BCUT2D eigenvalue weighted by Gasteiger charge is -1.97. The lowest BCUT2D eigenvalue weighted by atomic mass is 10.1. The van der Waals surface area contributed by atoms with Crippen molar-refractivity contribution in [2.75, 3.05) is 0 Å². The van der Waals surface area contributed by atoms with Crippen molar-refractivity contribution >= 4 is 5.97 Å². The summed E-state index contributed by atoms with van der Waals surface area (Å²) in [5, 5.41) is 8.56. The van der Waals surface area contributed by atoms with Crippen molar-refractivity contribution in [3.63, 3.8) is 0 Å². The van der Waals surface area contributed by atoms with E-state index in [4.69, 9.17) is 10.8 Å². The summed E-state index contributed by atoms with van der Waals surface area (Å²) in [5.74, 6) is -0.883. The molecule has 1 unspecified atom stereocenters. The van der Waals surface area contributed by atoms with Crippen LogP contribution in [0, 0.1) is 5.92 Å². The maximum Gasteiger partial charge on any atom is 0.306 e. The number of allylic oxidation sites excluding steroid dienone is 1. The standard InChI is InChI=1S/C7H11NO2/c8-4-5-1-2-6(3-5)7(9)10/h4,6H,1-3,8H2,(H,9,10). The largest absolute Gasteiger partial charge is 0.481 e. The van der Waals surface area contributed by atoms with E-state index in [1.54, 1.807) is 0 Å². The molecule has 0 heterocycles. The first-order valence-corrected chi connectivity index (χ1v) is 3.36. The molecule has 0 bridgehead atoms. The minimum absolute atomic E-state index is 0.185. The summed E-state index contributed by atoms with van der Waals surface area (Å²) in [6.45, 7) is 0. The van der Waals surface area contributed by atoms with E-state index in [0.29, 0.717) is 6.42 Å². The van der Waals surface area contributed by atoms with Crippen LogP contribution in [0.4, 0.5) is 0 Å². The Labute approximate surface area is 59.5 Å². The van der Waals surface area contributed by atoms with Gasteiger partial charge in [0.2, 0.25) is 0 Å². The van der Waals surface area contributed by atoms with Crippen molar-refractivity contribution in [3.8, 4) is 0 Å². The molecule has 3 heteroatoms. The van der Waals surface area contributed by atoms with E-state index in [1.165, 1.54) is 6.20 Å². The van der Waals surface area contributed by atoms with Gasteiger partial charge in [0.15, 0.2) is 0 Å². The van der Waals surface area contributed by atoms with Crippen LogP contribution >= 0.6 is 0 Å². The summed E-state index contributed by atoms with van der Waals surface area (Å²) >= 11 is 0. The molecule has 3 nitrogen and oxygen atoms in total. The molecule has 0 aromatic carbocycles. The Kier molecular flexibility index (Phi) is 1.94. The van der Waals surface area contributed by atoms with Crippen LogP contribution < -0.4 is 5.73 Å². The summed E-state index contributed by atoms with van der Waals surface area (Å²) in [6, 6.07) is 0. The molecule has 1 atom stereocenters. The molecule has 0 aromatic heterocycles. The minimum atomic E-state index is -0.697. The van der Waals surface area contributed by atoms with Crippen LogP contribution in [-0.4, -0.2) is 11.1 Å². The minimum Gasteiger partial charge on any atom is -0.481 e. The molecule has 1 aliphatic carbocycles. The fourth-order valence-corrected chi connectivity index (χ4v) is 1.24. The van der Waals surface area contributed by atoms with Gasteiger partial charge in [0, 0.05) is 0 Å². The second kappa shape index (κ2) is 2.73. The fraction of sp³-hybridized carbons (Fsp3) is 0.571. The summed E-state index contributed by atoms with van der Waals surface area (Å²) < 4.78 is 0. The van der Waals surface area contributed by atoms with Gasteiger partial charge in [-0.2, -0.15) is 0 Å². The van der Waals surface area contributed by atoms with Crippen LogP contribution in [0.5, 0.6) is 0 Å². The Hall–Kier alpha value is -0.990. The Morgan fingerprint density at radius 3 is 2.80 bits per heavy atom. The lowest BCUT2D eigenvalue weighted by molar-refractivity contribution is -0.141. The van der Waals surface area contributed by atoms with Crippen LogP contribution in [0.1, 0.15) is 19.3 Å². The summed E-state index contributed by atoms with van der Waals surface area (Å²) in [4.78, 5) is 10.4. The van der Waals surface area contributed by atoms with E-state index >= 15 is 0 Å². The Morgan fingerprint density at radius 2 is 2.50 bits per heavy atom. The number of carboxylic acids is 1. The first-order chi connectivity index (χ1) is 4.74. The van der Waals surface area contributed by atoms with Gasteiger partial charge in [0.05, 0.1) is 5.92 Å². The SMILES string of the molecule is NC=C1CCC(C(=O)O)C1. The highest BCUT2D eigenvalue weighted by Gasteiger charge is 2.24. The molecule has 0 spiro atoms. The highest BCUT2D eigenvalue weighted by Crippen LogP contribution is 2.29. The quantitative estimate of drug-likeness (QED) is 0.565. The predicted molar refractivity (Wildman–Crippen MR) is 37.2 cm³/mol. The third kappa shape index (κ3) is 1.29. The molecule has 1 fully saturated rings. The molecular weight excluding hydrogens is 130 g/mol. The highest BCUT2D eigenvalue weighted by atomic mass is 16.4. The number of carboxylic acid groups (broad SMARTS) is 1. The summed E-state index contributed by atoms with van der Waals surface area (Å²) in [7, 11) is 0. The maximum absolute atomic E-state index is 10.4. The van der Waals surface area contributed by atoms with Gasteiger partial charge in [-0.1, -0.05) is 5.57 Å². The van der Waals surface area contributed by atoms with E-state index in [1.807, 2.05) is 0 Å². The molecular formula is C7H11NO2. The van der Waals surface area contributed by atoms with Crippen molar-refractivity contribution in [3.05, 3.63) is 11.8 Å². The van der Waals surface area contributed by atoms with Crippen LogP contribution in [0.15, 0.2) is 11.8 Å². The zero-order valence-electron chi connectivity index (χ0n) is 5.71. The number of nitrogens with two attached hydrogens (primary N) is 1. The Morgan fingerprint density at radius 1 is 1.80 bits per heavy atom. The highest BCUT2D eigenvalue weighted by molar-refractivity contribution is 5.71. The lowest BCUT2D eigenvalue weighted by Crippen LogP contribution is -2.08. The van der Waals surface area contributed by atoms with Gasteiger partial charge < -0.3 is 10.8 Å². The van der Waals surface area contributed by atoms with Gasteiger partial charge in [-0.3, -0.25) is 4.79 Å². The van der Waals surface area contributed by atoms with Crippen LogP contribution in [0.3, 0.4) is 0 Å². The van der Waals surface area contributed by atoms with E-state index in [9.17, 15) is 4.79 Å². The average molecular weight is 141 g/mol. The summed E-state index contributed by atoms with van der Waals surface area (Å²) in [5.41, 5.74) is 6.32. The Balaban J connectivity index is 2.51. The number of hydrogen-bond acceptors (Lipinski definition) is 2. The maximum atomic E-state index is 10.4. The van der Waals surface area contributed by atoms with Gasteiger partial charge in [0.1, 0.15) is 0 Å². The number of carbonyl (C=O) groups is 1. The second-order valence-electron chi connectivity index (χ2n) is 2.60. The number of rotatable bonds is 1. The van der Waals surface area contributed by atoms with Crippen LogP contribution in [-0.2, 0) is 4.79 Å². The normalized spacial score (nSPS) is 29.2. The average Bonchev–Trinajstić information content (AvgIpc) is 2.34. The zero-order chi connectivity index (χ0) is 7.56. The smallest absolute Gasteiger partial charge is 0.306 e. The van der Waals surface area contributed by atoms with E-state index in [-0.39, 0.29) is 5.92 Å². The molecule has 0 amide bonds. The van der Waals surface area contributed by atoms with Gasteiger partial charge in [-0.15, -0.1) is 0 Å². The molecule has 0 aromatic rings. The summed E-state index contributed by atoms with van der Waals surface area (Å²) in [6.07, 6.45) is 3.78. The number of aliphatic carboxylic acids is 1. The first-order valence-electron chi connectivity index (χ1n) is 3.36. The van der Waals surface area contributed by atoms with Crippen molar-refractivity contribution in [1.82, 2.24) is 0 Å². The van der Waals surface area contributed by atoms with Crippen molar-refractivity contribution in [2.24, 2.45) is 11.7 Å². The number of hydrogen-bond donors (Lipinski definition) is 2. The van der Waals surface area contributed by atoms with E-state index in [2.05, 4.69) is 0 Å². The fourth-order valence-electron chi connectivity index (χ4n) is 1.24. The monoisotopic (exact) mass is 141 g/mol. The molecule has 3 N–H and O–H groups in total. The molecule has 10 heavy (non-hydrogen) atoms. The predicted octanol–water partition coefficient (Wildman–Crippen LogP) is 0.714. The third-order valence-corrected chi connectivity index (χ3v) is 1.91. The van der Waals surface area contributed by atoms with E-state index < -0.39 is 5.97 Å². The molecule has 56 valence electrons. The molecule has 0 saturated heterocycles. The van der Waals surface area contributed by atoms with Crippen molar-refractivity contribution < 1.29 is 9.90 Å². The molecule has 1 saturated carbocycles. The topological polar surface area (TPSA) is 63.3 Å². The molecule has 1 aliphatic rings. The van der Waals surface area contributed by atoms with Gasteiger partial charge in [-0.25, -0.2) is 0 Å². The molecule has 0 radical (unpaired) electrons. The Bertz CT molecular complexity index is 174. The second-order valence-corrected chi connectivity index (χ2v) is 2.60. The zero-order valence-corrected chi connectivity index (χ0v) is 5.71. The molecule has 0 aliphatic heterocycles.